The van der Waals surface area contributed by atoms with Crippen LogP contribution in [0.2, 0.25) is 0 Å². The fraction of sp³-hybridized carbons (Fsp3) is 0.364. The molecule has 0 saturated carbocycles. The lowest BCUT2D eigenvalue weighted by atomic mass is 10.1. The van der Waals surface area contributed by atoms with Crippen molar-refractivity contribution < 1.29 is 13.2 Å². The van der Waals surface area contributed by atoms with E-state index in [1.807, 2.05) is 29.2 Å². The van der Waals surface area contributed by atoms with Crippen LogP contribution < -0.4 is 10.2 Å². The molecule has 1 fully saturated rings. The van der Waals surface area contributed by atoms with Crippen LogP contribution in [0.3, 0.4) is 0 Å². The first-order valence-electron chi connectivity index (χ1n) is 5.44. The van der Waals surface area contributed by atoms with Crippen LogP contribution in [0, 0.1) is 0 Å². The summed E-state index contributed by atoms with van der Waals surface area (Å²) in [4.78, 5) is 13.7. The maximum atomic E-state index is 11.9. The molecular formula is C11H12N2O3S. The Morgan fingerprint density at radius 3 is 2.88 bits per heavy atom. The van der Waals surface area contributed by atoms with Gasteiger partial charge in [0.05, 0.1) is 22.9 Å². The van der Waals surface area contributed by atoms with Gasteiger partial charge in [0, 0.05) is 6.54 Å². The van der Waals surface area contributed by atoms with Gasteiger partial charge in [-0.1, -0.05) is 12.1 Å². The minimum Gasteiger partial charge on any atom is -0.356 e. The van der Waals surface area contributed by atoms with Crippen molar-refractivity contribution in [3.63, 3.8) is 0 Å². The Hall–Kier alpha value is -1.56. The zero-order valence-electron chi connectivity index (χ0n) is 9.09. The first-order valence-corrected chi connectivity index (χ1v) is 7.26. The van der Waals surface area contributed by atoms with E-state index in [-0.39, 0.29) is 17.4 Å². The number of carbonyl (C=O) groups excluding carboxylic acids is 1. The number of nitrogens with zero attached hydrogens (tertiary/aromatic N) is 1. The average molecular weight is 252 g/mol. The summed E-state index contributed by atoms with van der Waals surface area (Å²) in [5.74, 6) is -0.204. The molecule has 1 N–H and O–H groups in total. The van der Waals surface area contributed by atoms with Crippen LogP contribution >= 0.6 is 0 Å². The summed E-state index contributed by atoms with van der Waals surface area (Å²) in [5, 5.41) is 2.75. The van der Waals surface area contributed by atoms with Crippen molar-refractivity contribution in [2.45, 2.75) is 6.04 Å². The van der Waals surface area contributed by atoms with Gasteiger partial charge in [-0.25, -0.2) is 8.42 Å². The number of carbonyl (C=O) groups is 1. The fourth-order valence-corrected chi connectivity index (χ4v) is 3.81. The molecule has 1 aromatic carbocycles. The van der Waals surface area contributed by atoms with E-state index in [1.54, 1.807) is 0 Å². The molecule has 1 amide bonds. The molecule has 0 radical (unpaired) electrons. The predicted octanol–water partition coefficient (Wildman–Crippen LogP) is 0.242. The van der Waals surface area contributed by atoms with Crippen molar-refractivity contribution in [1.29, 1.82) is 0 Å². The van der Waals surface area contributed by atoms with Crippen LogP contribution in [0.25, 0.3) is 0 Å². The molecular weight excluding hydrogens is 240 g/mol. The van der Waals surface area contributed by atoms with Crippen molar-refractivity contribution in [2.75, 3.05) is 28.3 Å². The fourth-order valence-electron chi connectivity index (χ4n) is 2.36. The number of hydrogen-bond acceptors (Lipinski definition) is 4. The largest absolute Gasteiger partial charge is 0.356 e. The van der Waals surface area contributed by atoms with Crippen LogP contribution in [0.5, 0.6) is 0 Å². The lowest BCUT2D eigenvalue weighted by Crippen LogP contribution is -2.56. The first kappa shape index (κ1) is 10.6. The maximum Gasteiger partial charge on any atom is 0.248 e. The molecule has 1 atom stereocenters. The predicted molar refractivity (Wildman–Crippen MR) is 64.9 cm³/mol. The topological polar surface area (TPSA) is 66.5 Å². The molecule has 0 spiro atoms. The van der Waals surface area contributed by atoms with Crippen LogP contribution in [0.15, 0.2) is 24.3 Å². The molecule has 5 nitrogen and oxygen atoms in total. The molecule has 3 rings (SSSR count). The van der Waals surface area contributed by atoms with Gasteiger partial charge in [-0.15, -0.1) is 0 Å². The van der Waals surface area contributed by atoms with E-state index in [0.717, 1.165) is 11.4 Å². The number of sulfone groups is 1. The Balaban J connectivity index is 2.06. The molecule has 6 heteroatoms. The zero-order chi connectivity index (χ0) is 12.0. The third-order valence-electron chi connectivity index (χ3n) is 3.21. The Kier molecular flexibility index (Phi) is 2.16. The van der Waals surface area contributed by atoms with Crippen molar-refractivity contribution >= 4 is 27.1 Å². The van der Waals surface area contributed by atoms with E-state index < -0.39 is 15.9 Å². The monoisotopic (exact) mass is 252 g/mol. The second-order valence-electron chi connectivity index (χ2n) is 4.33. The van der Waals surface area contributed by atoms with E-state index in [1.165, 1.54) is 0 Å². The molecule has 0 aliphatic carbocycles. The third-order valence-corrected chi connectivity index (χ3v) is 4.83. The number of fused-ring (bicyclic) bond motifs is 3. The number of para-hydroxylation sites is 2. The van der Waals surface area contributed by atoms with Crippen molar-refractivity contribution in [3.8, 4) is 0 Å². The zero-order valence-corrected chi connectivity index (χ0v) is 9.90. The lowest BCUT2D eigenvalue weighted by molar-refractivity contribution is -0.117. The second-order valence-corrected chi connectivity index (χ2v) is 6.56. The first-order chi connectivity index (χ1) is 8.07. The minimum absolute atomic E-state index is 0.0901. The van der Waals surface area contributed by atoms with Crippen molar-refractivity contribution in [3.05, 3.63) is 24.3 Å². The average Bonchev–Trinajstić information content (AvgIpc) is 2.28. The molecule has 2 aliphatic heterocycles. The Labute approximate surface area is 99.3 Å². The number of benzene rings is 1. The summed E-state index contributed by atoms with van der Waals surface area (Å²) in [5.41, 5.74) is 1.67. The van der Waals surface area contributed by atoms with Gasteiger partial charge in [-0.2, -0.15) is 0 Å². The van der Waals surface area contributed by atoms with Gasteiger partial charge < -0.3 is 10.2 Å². The molecule has 90 valence electrons. The smallest absolute Gasteiger partial charge is 0.248 e. The van der Waals surface area contributed by atoms with Gasteiger partial charge in [0.2, 0.25) is 5.91 Å². The molecule has 1 aromatic rings. The minimum atomic E-state index is -3.09. The SMILES string of the molecule is O=C1Nc2ccccc2N2CCS(=O)(=O)CC12. The van der Waals surface area contributed by atoms with Gasteiger partial charge in [-0.3, -0.25) is 4.79 Å². The molecule has 0 bridgehead atoms. The summed E-state index contributed by atoms with van der Waals surface area (Å²) < 4.78 is 23.1. The summed E-state index contributed by atoms with van der Waals surface area (Å²) in [6.45, 7) is 0.386. The highest BCUT2D eigenvalue weighted by Gasteiger charge is 2.39. The number of rotatable bonds is 0. The van der Waals surface area contributed by atoms with Gasteiger partial charge in [0.15, 0.2) is 9.84 Å². The van der Waals surface area contributed by atoms with Crippen LogP contribution in [-0.2, 0) is 14.6 Å². The van der Waals surface area contributed by atoms with Crippen LogP contribution in [-0.4, -0.2) is 38.4 Å². The van der Waals surface area contributed by atoms with E-state index in [0.29, 0.717) is 6.54 Å². The highest BCUT2D eigenvalue weighted by molar-refractivity contribution is 7.91. The third kappa shape index (κ3) is 1.68. The molecule has 1 saturated heterocycles. The lowest BCUT2D eigenvalue weighted by Gasteiger charge is -2.40. The molecule has 1 unspecified atom stereocenters. The van der Waals surface area contributed by atoms with E-state index in [4.69, 9.17) is 0 Å². The molecule has 2 heterocycles. The molecule has 2 aliphatic rings. The second kappa shape index (κ2) is 3.46. The van der Waals surface area contributed by atoms with E-state index in [2.05, 4.69) is 5.32 Å². The summed E-state index contributed by atoms with van der Waals surface area (Å²) in [7, 11) is -3.09. The Bertz CT molecular complexity index is 582. The number of hydrogen-bond donors (Lipinski definition) is 1. The van der Waals surface area contributed by atoms with Gasteiger partial charge >= 0.3 is 0 Å². The normalized spacial score (nSPS) is 25.8. The van der Waals surface area contributed by atoms with Crippen molar-refractivity contribution in [1.82, 2.24) is 0 Å². The van der Waals surface area contributed by atoms with E-state index >= 15 is 0 Å². The molecule has 0 aromatic heterocycles. The van der Waals surface area contributed by atoms with Gasteiger partial charge in [0.1, 0.15) is 6.04 Å². The number of nitrogens with one attached hydrogen (secondary N) is 1. The quantitative estimate of drug-likeness (QED) is 0.718. The van der Waals surface area contributed by atoms with Crippen LogP contribution in [0.1, 0.15) is 0 Å². The molecule has 17 heavy (non-hydrogen) atoms. The van der Waals surface area contributed by atoms with Gasteiger partial charge in [-0.05, 0) is 12.1 Å². The summed E-state index contributed by atoms with van der Waals surface area (Å²) >= 11 is 0. The Morgan fingerprint density at radius 1 is 1.29 bits per heavy atom. The number of amides is 1. The van der Waals surface area contributed by atoms with E-state index in [9.17, 15) is 13.2 Å². The highest BCUT2D eigenvalue weighted by Crippen LogP contribution is 2.33. The summed E-state index contributed by atoms with van der Waals surface area (Å²) in [6.07, 6.45) is 0. The highest BCUT2D eigenvalue weighted by atomic mass is 32.2. The summed E-state index contributed by atoms with van der Waals surface area (Å²) in [6, 6.07) is 6.88. The Morgan fingerprint density at radius 2 is 2.06 bits per heavy atom. The maximum absolute atomic E-state index is 11.9. The standard InChI is InChI=1S/C11H12N2O3S/c14-11-10-7-17(15,16)6-5-13(10)9-4-2-1-3-8(9)12-11/h1-4,10H,5-7H2,(H,12,14). The number of anilines is 2. The van der Waals surface area contributed by atoms with Crippen LogP contribution in [0.4, 0.5) is 11.4 Å². The van der Waals surface area contributed by atoms with Crippen molar-refractivity contribution in [2.24, 2.45) is 0 Å². The van der Waals surface area contributed by atoms with Gasteiger partial charge in [0.25, 0.3) is 0 Å².